The number of ether oxygens (including phenoxy) is 2. The molecule has 0 fully saturated rings. The zero-order chi connectivity index (χ0) is 17.1. The molecule has 3 rings (SSSR count). The predicted molar refractivity (Wildman–Crippen MR) is 84.5 cm³/mol. The number of anilines is 1. The van der Waals surface area contributed by atoms with E-state index in [9.17, 15) is 13.6 Å². The van der Waals surface area contributed by atoms with E-state index in [1.807, 2.05) is 0 Å². The van der Waals surface area contributed by atoms with Gasteiger partial charge in [-0.3, -0.25) is 4.79 Å². The molecule has 126 valence electrons. The molecule has 2 aromatic rings. The van der Waals surface area contributed by atoms with Crippen molar-refractivity contribution in [2.75, 3.05) is 11.9 Å². The Bertz CT molecular complexity index is 752. The zero-order valence-electron chi connectivity index (χ0n) is 12.9. The van der Waals surface area contributed by atoms with Gasteiger partial charge in [-0.1, -0.05) is 24.3 Å². The van der Waals surface area contributed by atoms with Crippen molar-refractivity contribution in [2.24, 2.45) is 0 Å². The zero-order valence-corrected chi connectivity index (χ0v) is 12.9. The van der Waals surface area contributed by atoms with Crippen LogP contribution in [0.3, 0.4) is 0 Å². The van der Waals surface area contributed by atoms with Crippen molar-refractivity contribution in [2.45, 2.75) is 19.7 Å². The van der Waals surface area contributed by atoms with Crippen LogP contribution < -0.4 is 20.1 Å². The number of fused-ring (bicyclic) bond motifs is 1. The van der Waals surface area contributed by atoms with Crippen molar-refractivity contribution >= 4 is 11.6 Å². The second-order valence-electron chi connectivity index (χ2n) is 5.08. The molecule has 1 heterocycles. The minimum Gasteiger partial charge on any atom is -0.490 e. The smallest absolute Gasteiger partial charge is 0.387 e. The largest absolute Gasteiger partial charge is 0.490 e. The molecular formula is C17H16F2N2O3. The molecule has 0 bridgehead atoms. The standard InChI is InChI=1S/C17H16F2N2O3/c1-2-23-13-9-5-7-11(14(13)24-17(18)19)15-20-12-8-4-3-6-10(12)16(22)21-15/h3-9,15,17,20H,2H2,1H3,(H,21,22). The molecule has 0 spiro atoms. The number of benzene rings is 2. The summed E-state index contributed by atoms with van der Waals surface area (Å²) in [6.07, 6.45) is -0.707. The highest BCUT2D eigenvalue weighted by Crippen LogP contribution is 2.38. The molecular weight excluding hydrogens is 318 g/mol. The first-order valence-corrected chi connectivity index (χ1v) is 7.47. The van der Waals surface area contributed by atoms with E-state index in [-0.39, 0.29) is 17.4 Å². The van der Waals surface area contributed by atoms with Crippen LogP contribution in [0.1, 0.15) is 29.0 Å². The van der Waals surface area contributed by atoms with Crippen LogP contribution in [0.25, 0.3) is 0 Å². The molecule has 2 aromatic carbocycles. The Hall–Kier alpha value is -2.83. The summed E-state index contributed by atoms with van der Waals surface area (Å²) in [7, 11) is 0. The fourth-order valence-corrected chi connectivity index (χ4v) is 2.61. The minimum absolute atomic E-state index is 0.0912. The van der Waals surface area contributed by atoms with Gasteiger partial charge in [0.1, 0.15) is 6.17 Å². The van der Waals surface area contributed by atoms with Gasteiger partial charge in [0, 0.05) is 11.3 Å². The van der Waals surface area contributed by atoms with Crippen LogP contribution in [0.2, 0.25) is 0 Å². The topological polar surface area (TPSA) is 59.6 Å². The Labute approximate surface area is 137 Å². The summed E-state index contributed by atoms with van der Waals surface area (Å²) < 4.78 is 35.7. The second-order valence-corrected chi connectivity index (χ2v) is 5.08. The van der Waals surface area contributed by atoms with Crippen LogP contribution in [0.5, 0.6) is 11.5 Å². The number of hydrogen-bond donors (Lipinski definition) is 2. The summed E-state index contributed by atoms with van der Waals surface area (Å²) in [5, 5.41) is 5.86. The number of halogens is 2. The van der Waals surface area contributed by atoms with Gasteiger partial charge in [-0.25, -0.2) is 0 Å². The van der Waals surface area contributed by atoms with Gasteiger partial charge in [-0.15, -0.1) is 0 Å². The van der Waals surface area contributed by atoms with Crippen molar-refractivity contribution in [1.82, 2.24) is 5.32 Å². The monoisotopic (exact) mass is 334 g/mol. The average molecular weight is 334 g/mol. The van der Waals surface area contributed by atoms with Gasteiger partial charge >= 0.3 is 6.61 Å². The number of hydrogen-bond acceptors (Lipinski definition) is 4. The lowest BCUT2D eigenvalue weighted by atomic mass is 10.0. The molecule has 1 unspecified atom stereocenters. The predicted octanol–water partition coefficient (Wildman–Crippen LogP) is 3.54. The van der Waals surface area contributed by atoms with Crippen LogP contribution in [-0.4, -0.2) is 19.1 Å². The summed E-state index contributed by atoms with van der Waals surface area (Å²) in [5.74, 6) is -0.184. The lowest BCUT2D eigenvalue weighted by Gasteiger charge is -2.29. The maximum absolute atomic E-state index is 12.8. The third-order valence-corrected chi connectivity index (χ3v) is 3.57. The van der Waals surface area contributed by atoms with Gasteiger partial charge in [0.25, 0.3) is 5.91 Å². The number of nitrogens with one attached hydrogen (secondary N) is 2. The highest BCUT2D eigenvalue weighted by atomic mass is 19.3. The first kappa shape index (κ1) is 16.0. The summed E-state index contributed by atoms with van der Waals surface area (Å²) in [5.41, 5.74) is 1.48. The first-order chi connectivity index (χ1) is 11.6. The van der Waals surface area contributed by atoms with Crippen LogP contribution in [0.15, 0.2) is 42.5 Å². The molecule has 0 saturated heterocycles. The van der Waals surface area contributed by atoms with Crippen molar-refractivity contribution in [3.05, 3.63) is 53.6 Å². The molecule has 1 aliphatic heterocycles. The first-order valence-electron chi connectivity index (χ1n) is 7.47. The highest BCUT2D eigenvalue weighted by Gasteiger charge is 2.28. The molecule has 0 aromatic heterocycles. The number of rotatable bonds is 5. The molecule has 7 heteroatoms. The maximum Gasteiger partial charge on any atom is 0.387 e. The summed E-state index contributed by atoms with van der Waals surface area (Å²) >= 11 is 0. The minimum atomic E-state index is -3.00. The normalized spacial score (nSPS) is 16.2. The van der Waals surface area contributed by atoms with E-state index in [1.54, 1.807) is 49.4 Å². The van der Waals surface area contributed by atoms with Crippen LogP contribution in [0, 0.1) is 0 Å². The van der Waals surface area contributed by atoms with E-state index in [2.05, 4.69) is 15.4 Å². The molecule has 1 atom stereocenters. The Morgan fingerprint density at radius 3 is 2.67 bits per heavy atom. The van der Waals surface area contributed by atoms with Gasteiger partial charge in [-0.05, 0) is 25.1 Å². The fourth-order valence-electron chi connectivity index (χ4n) is 2.61. The molecule has 24 heavy (non-hydrogen) atoms. The van der Waals surface area contributed by atoms with Gasteiger partial charge in [0.15, 0.2) is 11.5 Å². The number of carbonyl (C=O) groups is 1. The number of carbonyl (C=O) groups excluding carboxylic acids is 1. The lowest BCUT2D eigenvalue weighted by Crippen LogP contribution is -2.38. The second kappa shape index (κ2) is 6.74. The van der Waals surface area contributed by atoms with Gasteiger partial charge in [0.05, 0.1) is 12.2 Å². The number of para-hydroxylation sites is 2. The Morgan fingerprint density at radius 1 is 1.12 bits per heavy atom. The fraction of sp³-hybridized carbons (Fsp3) is 0.235. The molecule has 5 nitrogen and oxygen atoms in total. The number of amides is 1. The number of alkyl halides is 2. The van der Waals surface area contributed by atoms with Crippen LogP contribution in [-0.2, 0) is 0 Å². The highest BCUT2D eigenvalue weighted by molar-refractivity contribution is 6.01. The Morgan fingerprint density at radius 2 is 1.92 bits per heavy atom. The SMILES string of the molecule is CCOc1cccc(C2NC(=O)c3ccccc3N2)c1OC(F)F. The average Bonchev–Trinajstić information content (AvgIpc) is 2.56. The summed E-state index contributed by atoms with van der Waals surface area (Å²) in [4.78, 5) is 12.2. The Balaban J connectivity index is 2.00. The van der Waals surface area contributed by atoms with Crippen molar-refractivity contribution < 1.29 is 23.0 Å². The van der Waals surface area contributed by atoms with Gasteiger partial charge < -0.3 is 20.1 Å². The van der Waals surface area contributed by atoms with Crippen molar-refractivity contribution in [3.63, 3.8) is 0 Å². The van der Waals surface area contributed by atoms with Crippen LogP contribution in [0.4, 0.5) is 14.5 Å². The Kier molecular flexibility index (Phi) is 4.50. The molecule has 0 saturated carbocycles. The van der Waals surface area contributed by atoms with Crippen molar-refractivity contribution in [1.29, 1.82) is 0 Å². The molecule has 1 amide bonds. The van der Waals surface area contributed by atoms with Gasteiger partial charge in [0.2, 0.25) is 0 Å². The van der Waals surface area contributed by atoms with Crippen LogP contribution >= 0.6 is 0 Å². The third-order valence-electron chi connectivity index (χ3n) is 3.57. The van der Waals surface area contributed by atoms with Crippen molar-refractivity contribution in [3.8, 4) is 11.5 Å². The summed E-state index contributed by atoms with van der Waals surface area (Å²) in [6, 6.07) is 11.8. The molecule has 0 radical (unpaired) electrons. The molecule has 1 aliphatic rings. The van der Waals surface area contributed by atoms with E-state index < -0.39 is 12.8 Å². The lowest BCUT2D eigenvalue weighted by molar-refractivity contribution is -0.0522. The van der Waals surface area contributed by atoms with E-state index in [0.717, 1.165) is 0 Å². The summed E-state index contributed by atoms with van der Waals surface area (Å²) in [6.45, 7) is -0.955. The maximum atomic E-state index is 12.8. The quantitative estimate of drug-likeness (QED) is 0.878. The molecule has 0 aliphatic carbocycles. The van der Waals surface area contributed by atoms with E-state index in [1.165, 1.54) is 0 Å². The van der Waals surface area contributed by atoms with E-state index in [4.69, 9.17) is 4.74 Å². The van der Waals surface area contributed by atoms with E-state index in [0.29, 0.717) is 23.4 Å². The van der Waals surface area contributed by atoms with Gasteiger partial charge in [-0.2, -0.15) is 8.78 Å². The third kappa shape index (κ3) is 3.10. The van der Waals surface area contributed by atoms with E-state index >= 15 is 0 Å². The molecule has 2 N–H and O–H groups in total.